The summed E-state index contributed by atoms with van der Waals surface area (Å²) in [5.41, 5.74) is 10.9. The number of nitrogens with one attached hydrogen (secondary N) is 2. The number of aryl methyl sites for hydroxylation is 1. The normalized spacial score (nSPS) is 10.4. The minimum atomic E-state index is 0.462. The molecular formula is C16H16N4. The molecule has 0 spiro atoms. The molecule has 1 aromatic heterocycles. The quantitative estimate of drug-likeness (QED) is 0.675. The molecule has 4 heteroatoms. The monoisotopic (exact) mass is 264 g/mol. The van der Waals surface area contributed by atoms with Crippen LogP contribution in [-0.4, -0.2) is 10.2 Å². The maximum atomic E-state index is 5.95. The second-order valence-electron chi connectivity index (χ2n) is 4.72. The zero-order valence-corrected chi connectivity index (χ0v) is 11.2. The molecule has 4 N–H and O–H groups in total. The van der Waals surface area contributed by atoms with E-state index in [1.54, 1.807) is 0 Å². The van der Waals surface area contributed by atoms with Crippen molar-refractivity contribution in [2.45, 2.75) is 6.92 Å². The van der Waals surface area contributed by atoms with E-state index >= 15 is 0 Å². The van der Waals surface area contributed by atoms with Crippen LogP contribution in [0.2, 0.25) is 0 Å². The van der Waals surface area contributed by atoms with Gasteiger partial charge in [0.1, 0.15) is 5.69 Å². The Morgan fingerprint density at radius 2 is 1.70 bits per heavy atom. The number of H-pyrrole nitrogens is 1. The van der Waals surface area contributed by atoms with E-state index in [1.807, 2.05) is 42.5 Å². The van der Waals surface area contributed by atoms with Gasteiger partial charge in [0.05, 0.1) is 5.69 Å². The van der Waals surface area contributed by atoms with E-state index in [4.69, 9.17) is 5.73 Å². The topological polar surface area (TPSA) is 66.7 Å². The third-order valence-electron chi connectivity index (χ3n) is 3.18. The first-order valence-corrected chi connectivity index (χ1v) is 6.47. The van der Waals surface area contributed by atoms with Crippen LogP contribution in [0.1, 0.15) is 5.56 Å². The molecule has 3 aromatic rings. The number of aromatic amines is 1. The lowest BCUT2D eigenvalue weighted by atomic mass is 10.1. The van der Waals surface area contributed by atoms with Crippen molar-refractivity contribution in [1.82, 2.24) is 10.2 Å². The van der Waals surface area contributed by atoms with Crippen molar-refractivity contribution in [3.8, 4) is 11.3 Å². The van der Waals surface area contributed by atoms with E-state index in [0.717, 1.165) is 22.6 Å². The fourth-order valence-corrected chi connectivity index (χ4v) is 2.08. The molecule has 0 fully saturated rings. The fourth-order valence-electron chi connectivity index (χ4n) is 2.08. The molecule has 0 saturated carbocycles. The van der Waals surface area contributed by atoms with E-state index in [9.17, 15) is 0 Å². The molecule has 4 nitrogen and oxygen atoms in total. The summed E-state index contributed by atoms with van der Waals surface area (Å²) in [6.07, 6.45) is 0. The van der Waals surface area contributed by atoms with Crippen molar-refractivity contribution in [2.24, 2.45) is 0 Å². The Labute approximate surface area is 117 Å². The lowest BCUT2D eigenvalue weighted by Gasteiger charge is -2.08. The standard InChI is InChI=1S/C16H16N4/c1-11-7-9-13(10-8-11)18-15-14(19-20-16(15)17)12-5-3-2-4-6-12/h2-10,18H,1H3,(H3,17,19,20). The zero-order chi connectivity index (χ0) is 13.9. The van der Waals surface area contributed by atoms with Crippen LogP contribution in [0.3, 0.4) is 0 Å². The summed E-state index contributed by atoms with van der Waals surface area (Å²) in [7, 11) is 0. The highest BCUT2D eigenvalue weighted by Gasteiger charge is 2.12. The van der Waals surface area contributed by atoms with Crippen molar-refractivity contribution in [3.63, 3.8) is 0 Å². The van der Waals surface area contributed by atoms with Crippen LogP contribution in [0.15, 0.2) is 54.6 Å². The Kier molecular flexibility index (Phi) is 3.13. The molecule has 3 rings (SSSR count). The van der Waals surface area contributed by atoms with Gasteiger partial charge in [-0.15, -0.1) is 0 Å². The summed E-state index contributed by atoms with van der Waals surface area (Å²) < 4.78 is 0. The Morgan fingerprint density at radius 3 is 2.40 bits per heavy atom. The third kappa shape index (κ3) is 2.36. The molecule has 0 atom stereocenters. The predicted molar refractivity (Wildman–Crippen MR) is 82.9 cm³/mol. The van der Waals surface area contributed by atoms with Gasteiger partial charge in [-0.25, -0.2) is 0 Å². The van der Waals surface area contributed by atoms with Gasteiger partial charge in [-0.1, -0.05) is 48.0 Å². The zero-order valence-electron chi connectivity index (χ0n) is 11.2. The summed E-state index contributed by atoms with van der Waals surface area (Å²) >= 11 is 0. The van der Waals surface area contributed by atoms with Gasteiger partial charge in [0, 0.05) is 11.3 Å². The van der Waals surface area contributed by atoms with Crippen LogP contribution in [-0.2, 0) is 0 Å². The maximum Gasteiger partial charge on any atom is 0.169 e. The van der Waals surface area contributed by atoms with Gasteiger partial charge >= 0.3 is 0 Å². The van der Waals surface area contributed by atoms with Crippen LogP contribution in [0.5, 0.6) is 0 Å². The molecule has 100 valence electrons. The van der Waals surface area contributed by atoms with Crippen molar-refractivity contribution < 1.29 is 0 Å². The van der Waals surface area contributed by atoms with Crippen molar-refractivity contribution in [2.75, 3.05) is 11.1 Å². The van der Waals surface area contributed by atoms with Crippen LogP contribution in [0, 0.1) is 6.92 Å². The van der Waals surface area contributed by atoms with Gasteiger partial charge in [0.25, 0.3) is 0 Å². The minimum absolute atomic E-state index is 0.462. The Hall–Kier alpha value is -2.75. The number of nitrogens with zero attached hydrogens (tertiary/aromatic N) is 1. The van der Waals surface area contributed by atoms with E-state index in [-0.39, 0.29) is 0 Å². The summed E-state index contributed by atoms with van der Waals surface area (Å²) in [4.78, 5) is 0. The largest absolute Gasteiger partial charge is 0.380 e. The van der Waals surface area contributed by atoms with Gasteiger partial charge in [0.15, 0.2) is 5.82 Å². The summed E-state index contributed by atoms with van der Waals surface area (Å²) in [6.45, 7) is 2.06. The molecule has 0 unspecified atom stereocenters. The molecule has 0 aliphatic carbocycles. The number of anilines is 3. The molecule has 0 aliphatic rings. The second kappa shape index (κ2) is 5.09. The highest BCUT2D eigenvalue weighted by molar-refractivity contribution is 5.85. The van der Waals surface area contributed by atoms with Gasteiger partial charge in [0.2, 0.25) is 0 Å². The maximum absolute atomic E-state index is 5.95. The molecule has 0 bridgehead atoms. The number of aromatic nitrogens is 2. The van der Waals surface area contributed by atoms with Crippen molar-refractivity contribution >= 4 is 17.2 Å². The lowest BCUT2D eigenvalue weighted by Crippen LogP contribution is -1.95. The number of benzene rings is 2. The van der Waals surface area contributed by atoms with E-state index in [1.165, 1.54) is 5.56 Å². The molecule has 1 heterocycles. The summed E-state index contributed by atoms with van der Waals surface area (Å²) in [6, 6.07) is 18.2. The molecule has 2 aromatic carbocycles. The summed E-state index contributed by atoms with van der Waals surface area (Å²) in [5.74, 6) is 0.462. The van der Waals surface area contributed by atoms with E-state index in [0.29, 0.717) is 5.82 Å². The molecular weight excluding hydrogens is 248 g/mol. The number of nitrogen functional groups attached to an aromatic ring is 1. The average molecular weight is 264 g/mol. The number of hydrogen-bond acceptors (Lipinski definition) is 3. The molecule has 0 aliphatic heterocycles. The second-order valence-corrected chi connectivity index (χ2v) is 4.72. The smallest absolute Gasteiger partial charge is 0.169 e. The average Bonchev–Trinajstić information content (AvgIpc) is 2.84. The summed E-state index contributed by atoms with van der Waals surface area (Å²) in [5, 5.41) is 10.4. The highest BCUT2D eigenvalue weighted by atomic mass is 15.2. The van der Waals surface area contributed by atoms with Gasteiger partial charge in [-0.2, -0.15) is 5.10 Å². The first-order valence-electron chi connectivity index (χ1n) is 6.47. The van der Waals surface area contributed by atoms with Gasteiger partial charge in [-0.05, 0) is 19.1 Å². The SMILES string of the molecule is Cc1ccc(Nc2c(N)n[nH]c2-c2ccccc2)cc1. The minimum Gasteiger partial charge on any atom is -0.380 e. The lowest BCUT2D eigenvalue weighted by molar-refractivity contribution is 1.10. The Bertz CT molecular complexity index is 699. The van der Waals surface area contributed by atoms with E-state index < -0.39 is 0 Å². The molecule has 0 amide bonds. The molecule has 0 saturated heterocycles. The van der Waals surface area contributed by atoms with Crippen LogP contribution in [0.25, 0.3) is 11.3 Å². The number of nitrogens with two attached hydrogens (primary N) is 1. The first kappa shape index (κ1) is 12.3. The Morgan fingerprint density at radius 1 is 1.00 bits per heavy atom. The molecule has 20 heavy (non-hydrogen) atoms. The van der Waals surface area contributed by atoms with Crippen LogP contribution in [0.4, 0.5) is 17.2 Å². The third-order valence-corrected chi connectivity index (χ3v) is 3.18. The van der Waals surface area contributed by atoms with E-state index in [2.05, 4.69) is 34.6 Å². The highest BCUT2D eigenvalue weighted by Crippen LogP contribution is 2.32. The number of rotatable bonds is 3. The van der Waals surface area contributed by atoms with Gasteiger partial charge < -0.3 is 11.1 Å². The Balaban J connectivity index is 1.97. The first-order chi connectivity index (χ1) is 9.74. The fraction of sp³-hybridized carbons (Fsp3) is 0.0625. The molecule has 0 radical (unpaired) electrons. The van der Waals surface area contributed by atoms with Crippen molar-refractivity contribution in [1.29, 1.82) is 0 Å². The van der Waals surface area contributed by atoms with Crippen molar-refractivity contribution in [3.05, 3.63) is 60.2 Å². The van der Waals surface area contributed by atoms with Crippen LogP contribution >= 0.6 is 0 Å². The van der Waals surface area contributed by atoms with Crippen LogP contribution < -0.4 is 11.1 Å². The predicted octanol–water partition coefficient (Wildman–Crippen LogP) is 3.71. The number of hydrogen-bond donors (Lipinski definition) is 3. The van der Waals surface area contributed by atoms with Gasteiger partial charge in [-0.3, -0.25) is 5.10 Å².